The highest BCUT2D eigenvalue weighted by molar-refractivity contribution is 6.04. The summed E-state index contributed by atoms with van der Waals surface area (Å²) in [4.78, 5) is 29.4. The fraction of sp³-hybridized carbons (Fsp3) is 0.304. The van der Waals surface area contributed by atoms with Gasteiger partial charge in [-0.25, -0.2) is 4.98 Å². The van der Waals surface area contributed by atoms with Crippen LogP contribution in [0.5, 0.6) is 11.5 Å². The maximum Gasteiger partial charge on any atom is 0.285 e. The van der Waals surface area contributed by atoms with E-state index in [2.05, 4.69) is 15.0 Å². The van der Waals surface area contributed by atoms with E-state index in [1.807, 2.05) is 32.9 Å². The van der Waals surface area contributed by atoms with Gasteiger partial charge in [-0.1, -0.05) is 0 Å². The van der Waals surface area contributed by atoms with E-state index in [9.17, 15) is 4.79 Å². The van der Waals surface area contributed by atoms with Crippen LogP contribution in [0.25, 0.3) is 33.3 Å². The average Bonchev–Trinajstić information content (AvgIpc) is 2.77. The SMILES string of the molecule is CCOCCOc1c(C)cc(-c2nc(=O)c3c(OC)cc4[nH]ccnc4c3n2)cc1C. The molecule has 0 unspecified atom stereocenters. The number of aromatic amines is 1. The molecule has 4 aromatic rings. The number of benzene rings is 2. The quantitative estimate of drug-likeness (QED) is 0.360. The van der Waals surface area contributed by atoms with Crippen molar-refractivity contribution in [3.05, 3.63) is 52.1 Å². The lowest BCUT2D eigenvalue weighted by Gasteiger charge is -2.14. The lowest BCUT2D eigenvalue weighted by atomic mass is 10.0. The number of nitrogens with zero attached hydrogens (tertiary/aromatic N) is 3. The molecular weight excluding hydrogens is 396 g/mol. The van der Waals surface area contributed by atoms with Gasteiger partial charge in [0.2, 0.25) is 0 Å². The molecule has 1 N–H and O–H groups in total. The van der Waals surface area contributed by atoms with Crippen molar-refractivity contribution >= 4 is 21.9 Å². The molecule has 160 valence electrons. The van der Waals surface area contributed by atoms with E-state index >= 15 is 0 Å². The number of nitrogens with one attached hydrogen (secondary N) is 1. The van der Waals surface area contributed by atoms with Gasteiger partial charge in [-0.15, -0.1) is 0 Å². The van der Waals surface area contributed by atoms with E-state index in [1.54, 1.807) is 18.5 Å². The number of methoxy groups -OCH3 is 1. The number of rotatable bonds is 7. The average molecular weight is 420 g/mol. The number of hydrogen-bond acceptors (Lipinski definition) is 7. The zero-order valence-corrected chi connectivity index (χ0v) is 18.0. The smallest absolute Gasteiger partial charge is 0.285 e. The second-order valence-electron chi connectivity index (χ2n) is 7.12. The van der Waals surface area contributed by atoms with Crippen LogP contribution >= 0.6 is 0 Å². The first-order chi connectivity index (χ1) is 15.0. The maximum atomic E-state index is 12.9. The molecule has 0 amide bonds. The summed E-state index contributed by atoms with van der Waals surface area (Å²) in [7, 11) is 1.52. The Labute approximate surface area is 179 Å². The molecule has 0 radical (unpaired) electrons. The highest BCUT2D eigenvalue weighted by Crippen LogP contribution is 2.31. The third-order valence-electron chi connectivity index (χ3n) is 5.01. The molecule has 0 saturated heterocycles. The van der Waals surface area contributed by atoms with E-state index in [-0.39, 0.29) is 0 Å². The molecule has 0 spiro atoms. The zero-order chi connectivity index (χ0) is 22.0. The number of hydrogen-bond donors (Lipinski definition) is 1. The van der Waals surface area contributed by atoms with Crippen molar-refractivity contribution in [1.82, 2.24) is 19.9 Å². The van der Waals surface area contributed by atoms with Crippen molar-refractivity contribution in [2.24, 2.45) is 0 Å². The standard InChI is InChI=1S/C23H24N4O4/c1-5-30-8-9-31-21-13(2)10-15(11-14(21)3)22-26-20-18(23(28)27-22)17(29-4)12-16-19(20)25-7-6-24-16/h6-7,10-12,24H,5,8-9H2,1-4H3. The Bertz CT molecular complexity index is 1290. The van der Waals surface area contributed by atoms with Crippen molar-refractivity contribution in [3.8, 4) is 22.9 Å². The van der Waals surface area contributed by atoms with E-state index in [0.717, 1.165) is 28.0 Å². The van der Waals surface area contributed by atoms with Gasteiger partial charge in [0.05, 0.1) is 19.2 Å². The van der Waals surface area contributed by atoms with Crippen LogP contribution in [0, 0.1) is 13.8 Å². The largest absolute Gasteiger partial charge is 0.496 e. The Morgan fingerprint density at radius 2 is 1.81 bits per heavy atom. The lowest BCUT2D eigenvalue weighted by molar-refractivity contribution is 0.109. The van der Waals surface area contributed by atoms with Gasteiger partial charge in [0.1, 0.15) is 34.5 Å². The molecule has 0 aliphatic heterocycles. The maximum absolute atomic E-state index is 12.9. The van der Waals surface area contributed by atoms with E-state index < -0.39 is 5.56 Å². The molecule has 31 heavy (non-hydrogen) atoms. The van der Waals surface area contributed by atoms with Crippen LogP contribution in [0.3, 0.4) is 0 Å². The summed E-state index contributed by atoms with van der Waals surface area (Å²) in [5.74, 6) is 1.55. The van der Waals surface area contributed by atoms with Gasteiger partial charge in [0.15, 0.2) is 5.82 Å². The van der Waals surface area contributed by atoms with Crippen molar-refractivity contribution in [2.45, 2.75) is 20.8 Å². The topological polar surface area (TPSA) is 99.2 Å². The first-order valence-corrected chi connectivity index (χ1v) is 10.1. The number of aryl methyl sites for hydroxylation is 2. The molecule has 0 fully saturated rings. The van der Waals surface area contributed by atoms with Gasteiger partial charge < -0.3 is 19.2 Å². The minimum Gasteiger partial charge on any atom is -0.496 e. The van der Waals surface area contributed by atoms with Crippen LogP contribution < -0.4 is 15.0 Å². The summed E-state index contributed by atoms with van der Waals surface area (Å²) in [6.07, 6.45) is 3.34. The zero-order valence-electron chi connectivity index (χ0n) is 18.0. The summed E-state index contributed by atoms with van der Waals surface area (Å²) < 4.78 is 16.6. The van der Waals surface area contributed by atoms with Crippen LogP contribution in [0.2, 0.25) is 0 Å². The van der Waals surface area contributed by atoms with Crippen LogP contribution in [0.4, 0.5) is 0 Å². The minimum atomic E-state index is -0.406. The summed E-state index contributed by atoms with van der Waals surface area (Å²) in [5.41, 5.74) is 3.96. The predicted molar refractivity (Wildman–Crippen MR) is 119 cm³/mol. The van der Waals surface area contributed by atoms with Crippen LogP contribution in [-0.4, -0.2) is 46.9 Å². The molecule has 4 rings (SSSR count). The van der Waals surface area contributed by atoms with Gasteiger partial charge in [-0.2, -0.15) is 4.98 Å². The molecule has 0 aliphatic rings. The summed E-state index contributed by atoms with van der Waals surface area (Å²) in [6.45, 7) is 7.53. The second-order valence-corrected chi connectivity index (χ2v) is 7.12. The third kappa shape index (κ3) is 3.94. The Balaban J connectivity index is 1.83. The number of aromatic nitrogens is 4. The Kier molecular flexibility index (Phi) is 5.81. The number of ether oxygens (including phenoxy) is 3. The normalized spacial score (nSPS) is 11.2. The van der Waals surface area contributed by atoms with E-state index in [4.69, 9.17) is 19.2 Å². The van der Waals surface area contributed by atoms with Gasteiger partial charge in [0, 0.05) is 30.6 Å². The van der Waals surface area contributed by atoms with Crippen LogP contribution in [0.15, 0.2) is 35.4 Å². The first-order valence-electron chi connectivity index (χ1n) is 10.1. The molecule has 8 nitrogen and oxygen atoms in total. The molecule has 2 heterocycles. The predicted octanol–water partition coefficient (Wildman–Crippen LogP) is 3.57. The van der Waals surface area contributed by atoms with Crippen LogP contribution in [-0.2, 0) is 4.74 Å². The fourth-order valence-electron chi connectivity index (χ4n) is 3.66. The van der Waals surface area contributed by atoms with Gasteiger partial charge >= 0.3 is 0 Å². The lowest BCUT2D eigenvalue weighted by Crippen LogP contribution is -2.12. The summed E-state index contributed by atoms with van der Waals surface area (Å²) in [5, 5.41) is 0.315. The van der Waals surface area contributed by atoms with Crippen molar-refractivity contribution in [3.63, 3.8) is 0 Å². The minimum absolute atomic E-state index is 0.315. The molecule has 0 aliphatic carbocycles. The van der Waals surface area contributed by atoms with Crippen molar-refractivity contribution < 1.29 is 14.2 Å². The summed E-state index contributed by atoms with van der Waals surface area (Å²) >= 11 is 0. The molecular formula is C23H24N4O4. The number of H-pyrrole nitrogens is 1. The van der Waals surface area contributed by atoms with E-state index in [1.165, 1.54) is 7.11 Å². The second kappa shape index (κ2) is 8.69. The van der Waals surface area contributed by atoms with E-state index in [0.29, 0.717) is 47.8 Å². The fourth-order valence-corrected chi connectivity index (χ4v) is 3.66. The van der Waals surface area contributed by atoms with Crippen molar-refractivity contribution in [2.75, 3.05) is 26.9 Å². The highest BCUT2D eigenvalue weighted by Gasteiger charge is 2.17. The Hall–Kier alpha value is -3.52. The van der Waals surface area contributed by atoms with Gasteiger partial charge in [0.25, 0.3) is 5.56 Å². The first kappa shape index (κ1) is 20.7. The summed E-state index contributed by atoms with van der Waals surface area (Å²) in [6, 6.07) is 5.58. The molecule has 2 aromatic heterocycles. The molecule has 2 aromatic carbocycles. The highest BCUT2D eigenvalue weighted by atomic mass is 16.5. The number of fused-ring (bicyclic) bond motifs is 3. The Morgan fingerprint density at radius 1 is 1.03 bits per heavy atom. The molecule has 0 atom stereocenters. The van der Waals surface area contributed by atoms with Gasteiger partial charge in [-0.3, -0.25) is 9.78 Å². The van der Waals surface area contributed by atoms with Crippen molar-refractivity contribution in [1.29, 1.82) is 0 Å². The Morgan fingerprint density at radius 3 is 2.52 bits per heavy atom. The third-order valence-corrected chi connectivity index (χ3v) is 5.01. The molecule has 0 bridgehead atoms. The van der Waals surface area contributed by atoms with Crippen LogP contribution in [0.1, 0.15) is 18.1 Å². The molecule has 0 saturated carbocycles. The molecule has 8 heteroatoms. The monoisotopic (exact) mass is 420 g/mol. The van der Waals surface area contributed by atoms with Gasteiger partial charge in [-0.05, 0) is 44.0 Å².